The maximum absolute atomic E-state index is 14.6. The van der Waals surface area contributed by atoms with Gasteiger partial charge in [0.15, 0.2) is 11.6 Å². The zero-order chi connectivity index (χ0) is 19.1. The molecule has 2 aromatic rings. The van der Waals surface area contributed by atoms with Crippen LogP contribution in [0.1, 0.15) is 51.5 Å². The first-order chi connectivity index (χ1) is 12.5. The Hall–Kier alpha value is -1.68. The molecule has 0 saturated carbocycles. The average molecular weight is 385 g/mol. The first kappa shape index (κ1) is 20.6. The smallest absolute Gasteiger partial charge is 0.201 e. The summed E-state index contributed by atoms with van der Waals surface area (Å²) in [5, 5.41) is -0.0318. The molecule has 0 aliphatic rings. The van der Waals surface area contributed by atoms with E-state index >= 15 is 0 Å². The SMILES string of the molecule is CCCCCOc1ccc(-c2ccc(CCCC)c(Cl)c2F)c(F)c1F. The average Bonchev–Trinajstić information content (AvgIpc) is 2.64. The van der Waals surface area contributed by atoms with E-state index in [-0.39, 0.29) is 21.9 Å². The van der Waals surface area contributed by atoms with Crippen molar-refractivity contribution < 1.29 is 17.9 Å². The van der Waals surface area contributed by atoms with Gasteiger partial charge < -0.3 is 4.74 Å². The molecule has 0 bridgehead atoms. The molecule has 0 unspecified atom stereocenters. The van der Waals surface area contributed by atoms with Crippen molar-refractivity contribution in [2.24, 2.45) is 0 Å². The van der Waals surface area contributed by atoms with Gasteiger partial charge in [0.1, 0.15) is 5.82 Å². The second-order valence-corrected chi connectivity index (χ2v) is 6.68. The third-order valence-electron chi connectivity index (χ3n) is 4.30. The summed E-state index contributed by atoms with van der Waals surface area (Å²) in [5.74, 6) is -3.12. The molecule has 0 spiro atoms. The van der Waals surface area contributed by atoms with Crippen LogP contribution in [0, 0.1) is 17.5 Å². The highest BCUT2D eigenvalue weighted by Crippen LogP contribution is 2.35. The van der Waals surface area contributed by atoms with Crippen LogP contribution in [0.25, 0.3) is 11.1 Å². The fraction of sp³-hybridized carbons (Fsp3) is 0.429. The lowest BCUT2D eigenvalue weighted by Gasteiger charge is -2.13. The highest BCUT2D eigenvalue weighted by Gasteiger charge is 2.20. The van der Waals surface area contributed by atoms with Crippen molar-refractivity contribution in [3.05, 3.63) is 52.3 Å². The molecule has 1 nitrogen and oxygen atoms in total. The Kier molecular flexibility index (Phi) is 7.83. The summed E-state index contributed by atoms with van der Waals surface area (Å²) in [5.41, 5.74) is 0.459. The minimum absolute atomic E-state index is 0.0318. The zero-order valence-corrected chi connectivity index (χ0v) is 15.9. The minimum Gasteiger partial charge on any atom is -0.490 e. The molecule has 0 amide bonds. The van der Waals surface area contributed by atoms with Gasteiger partial charge in [-0.3, -0.25) is 0 Å². The number of aryl methyl sites for hydroxylation is 1. The molecule has 0 heterocycles. The first-order valence-corrected chi connectivity index (χ1v) is 9.47. The van der Waals surface area contributed by atoms with Crippen LogP contribution in [-0.4, -0.2) is 6.61 Å². The van der Waals surface area contributed by atoms with E-state index in [1.807, 2.05) is 13.8 Å². The van der Waals surface area contributed by atoms with Crippen LogP contribution in [0.4, 0.5) is 13.2 Å². The highest BCUT2D eigenvalue weighted by atomic mass is 35.5. The van der Waals surface area contributed by atoms with E-state index in [0.29, 0.717) is 18.6 Å². The van der Waals surface area contributed by atoms with E-state index in [1.54, 1.807) is 6.07 Å². The number of ether oxygens (including phenoxy) is 1. The molecule has 0 atom stereocenters. The summed E-state index contributed by atoms with van der Waals surface area (Å²) in [6.07, 6.45) is 5.21. The van der Waals surface area contributed by atoms with Crippen molar-refractivity contribution in [2.45, 2.75) is 52.4 Å². The van der Waals surface area contributed by atoms with Gasteiger partial charge in [-0.15, -0.1) is 0 Å². The van der Waals surface area contributed by atoms with Gasteiger partial charge in [-0.1, -0.05) is 56.8 Å². The van der Waals surface area contributed by atoms with Crippen molar-refractivity contribution in [3.8, 4) is 16.9 Å². The van der Waals surface area contributed by atoms with Crippen LogP contribution in [-0.2, 0) is 6.42 Å². The lowest BCUT2D eigenvalue weighted by Crippen LogP contribution is -2.02. The molecule has 2 aromatic carbocycles. The van der Waals surface area contributed by atoms with Gasteiger partial charge in [0.25, 0.3) is 0 Å². The van der Waals surface area contributed by atoms with Crippen LogP contribution in [0.3, 0.4) is 0 Å². The van der Waals surface area contributed by atoms with Crippen LogP contribution >= 0.6 is 11.6 Å². The molecule has 0 aromatic heterocycles. The van der Waals surface area contributed by atoms with Crippen LogP contribution in [0.5, 0.6) is 5.75 Å². The van der Waals surface area contributed by atoms with Crippen molar-refractivity contribution in [2.75, 3.05) is 6.61 Å². The molecular weight excluding hydrogens is 361 g/mol. The third kappa shape index (κ3) is 4.73. The molecule has 0 fully saturated rings. The topological polar surface area (TPSA) is 9.23 Å². The highest BCUT2D eigenvalue weighted by molar-refractivity contribution is 6.31. The normalized spacial score (nSPS) is 11.0. The Balaban J connectivity index is 2.29. The van der Waals surface area contributed by atoms with E-state index < -0.39 is 17.5 Å². The van der Waals surface area contributed by atoms with Crippen LogP contribution < -0.4 is 4.74 Å². The molecular formula is C21H24ClF3O. The Morgan fingerprint density at radius 3 is 2.15 bits per heavy atom. The fourth-order valence-electron chi connectivity index (χ4n) is 2.74. The molecule has 142 valence electrons. The van der Waals surface area contributed by atoms with Gasteiger partial charge in [0, 0.05) is 11.1 Å². The molecule has 5 heteroatoms. The van der Waals surface area contributed by atoms with Gasteiger partial charge in [-0.25, -0.2) is 8.78 Å². The predicted molar refractivity (Wildman–Crippen MR) is 100 cm³/mol. The van der Waals surface area contributed by atoms with E-state index in [0.717, 1.165) is 32.1 Å². The number of hydrogen-bond donors (Lipinski definition) is 0. The van der Waals surface area contributed by atoms with Gasteiger partial charge >= 0.3 is 0 Å². The minimum atomic E-state index is -1.13. The maximum Gasteiger partial charge on any atom is 0.201 e. The lowest BCUT2D eigenvalue weighted by molar-refractivity contribution is 0.286. The number of hydrogen-bond acceptors (Lipinski definition) is 1. The third-order valence-corrected chi connectivity index (χ3v) is 4.71. The second-order valence-electron chi connectivity index (χ2n) is 6.30. The molecule has 2 rings (SSSR count). The molecule has 0 radical (unpaired) electrons. The summed E-state index contributed by atoms with van der Waals surface area (Å²) >= 11 is 6.09. The Morgan fingerprint density at radius 1 is 0.808 bits per heavy atom. The zero-order valence-electron chi connectivity index (χ0n) is 15.2. The van der Waals surface area contributed by atoms with Crippen molar-refractivity contribution in [1.82, 2.24) is 0 Å². The number of halogens is 4. The molecule has 0 N–H and O–H groups in total. The lowest BCUT2D eigenvalue weighted by atomic mass is 10.00. The standard InChI is InChI=1S/C21H24ClF3O/c1-3-5-7-13-26-17-12-11-16(20(24)21(17)25)15-10-9-14(8-6-4-2)18(22)19(15)23/h9-12H,3-8,13H2,1-2H3. The second kappa shape index (κ2) is 9.86. The summed E-state index contributed by atoms with van der Waals surface area (Å²) < 4.78 is 48.7. The van der Waals surface area contributed by atoms with Gasteiger partial charge in [0.05, 0.1) is 11.6 Å². The quantitative estimate of drug-likeness (QED) is 0.411. The number of benzene rings is 2. The van der Waals surface area contributed by atoms with Crippen molar-refractivity contribution >= 4 is 11.6 Å². The van der Waals surface area contributed by atoms with E-state index in [9.17, 15) is 13.2 Å². The van der Waals surface area contributed by atoms with Gasteiger partial charge in [-0.05, 0) is 37.0 Å². The Morgan fingerprint density at radius 2 is 1.46 bits per heavy atom. The Labute approximate surface area is 158 Å². The predicted octanol–water partition coefficient (Wildman–Crippen LogP) is 7.34. The number of rotatable bonds is 9. The van der Waals surface area contributed by atoms with Gasteiger partial charge in [-0.2, -0.15) is 4.39 Å². The van der Waals surface area contributed by atoms with E-state index in [2.05, 4.69) is 0 Å². The summed E-state index contributed by atoms with van der Waals surface area (Å²) in [7, 11) is 0. The summed E-state index contributed by atoms with van der Waals surface area (Å²) in [4.78, 5) is 0. The first-order valence-electron chi connectivity index (χ1n) is 9.09. The van der Waals surface area contributed by atoms with Crippen molar-refractivity contribution in [1.29, 1.82) is 0 Å². The summed E-state index contributed by atoms with van der Waals surface area (Å²) in [6, 6.07) is 5.78. The van der Waals surface area contributed by atoms with Crippen molar-refractivity contribution in [3.63, 3.8) is 0 Å². The van der Waals surface area contributed by atoms with Gasteiger partial charge in [0.2, 0.25) is 5.82 Å². The largest absolute Gasteiger partial charge is 0.490 e. The Bertz CT molecular complexity index is 747. The maximum atomic E-state index is 14.6. The molecule has 26 heavy (non-hydrogen) atoms. The monoisotopic (exact) mass is 384 g/mol. The molecule has 0 saturated heterocycles. The molecule has 0 aliphatic carbocycles. The number of unbranched alkanes of at least 4 members (excludes halogenated alkanes) is 3. The van der Waals surface area contributed by atoms with Crippen LogP contribution in [0.2, 0.25) is 5.02 Å². The summed E-state index contributed by atoms with van der Waals surface area (Å²) in [6.45, 7) is 4.39. The molecule has 0 aliphatic heterocycles. The van der Waals surface area contributed by atoms with Crippen LogP contribution in [0.15, 0.2) is 24.3 Å². The van der Waals surface area contributed by atoms with E-state index in [4.69, 9.17) is 16.3 Å². The van der Waals surface area contributed by atoms with E-state index in [1.165, 1.54) is 18.2 Å². The fourth-order valence-corrected chi connectivity index (χ4v) is 3.00.